The molecule has 0 aliphatic rings. The number of benzene rings is 2. The largest absolute Gasteiger partial charge is 0.480 e. The Balaban J connectivity index is 2.15. The van der Waals surface area contributed by atoms with Gasteiger partial charge in [0.25, 0.3) is 0 Å². The normalized spacial score (nSPS) is 10.9. The summed E-state index contributed by atoms with van der Waals surface area (Å²) < 4.78 is 0. The Labute approximate surface area is 171 Å². The van der Waals surface area contributed by atoms with Gasteiger partial charge in [0.2, 0.25) is 0 Å². The molecular formula is C24H26N2O3. The quantitative estimate of drug-likeness (QED) is 0.550. The average molecular weight is 390 g/mol. The van der Waals surface area contributed by atoms with Crippen molar-refractivity contribution >= 4 is 28.5 Å². The highest BCUT2D eigenvalue weighted by atomic mass is 16.4. The van der Waals surface area contributed by atoms with Crippen molar-refractivity contribution < 1.29 is 14.7 Å². The number of unbranched alkanes of at least 4 members (excludes halogenated alkanes) is 1. The second kappa shape index (κ2) is 8.86. The number of likely N-dealkylation sites (N-methyl/N-ethyl adjacent to an activating group) is 1. The smallest absolute Gasteiger partial charge is 0.323 e. The van der Waals surface area contributed by atoms with Crippen molar-refractivity contribution in [3.63, 3.8) is 0 Å². The van der Waals surface area contributed by atoms with Crippen LogP contribution < -0.4 is 4.90 Å². The second-order valence-electron chi connectivity index (χ2n) is 7.37. The molecule has 150 valence electrons. The Bertz CT molecular complexity index is 1040. The number of anilines is 1. The van der Waals surface area contributed by atoms with Crippen LogP contribution in [-0.2, 0) is 11.2 Å². The molecule has 0 aliphatic carbocycles. The lowest BCUT2D eigenvalue weighted by molar-refractivity contribution is -0.135. The molecular weight excluding hydrogens is 364 g/mol. The number of aliphatic carboxylic acids is 1. The van der Waals surface area contributed by atoms with Gasteiger partial charge in [0.1, 0.15) is 12.4 Å². The maximum absolute atomic E-state index is 11.6. The first-order chi connectivity index (χ1) is 13.9. The van der Waals surface area contributed by atoms with Gasteiger partial charge in [-0.15, -0.1) is 0 Å². The number of nitrogens with zero attached hydrogens (tertiary/aromatic N) is 2. The summed E-state index contributed by atoms with van der Waals surface area (Å²) in [6.07, 6.45) is 3.27. The lowest BCUT2D eigenvalue weighted by atomic mass is 9.97. The summed E-state index contributed by atoms with van der Waals surface area (Å²) in [6, 6.07) is 15.7. The molecule has 0 aliphatic heterocycles. The fraction of sp³-hybridized carbons (Fsp3) is 0.292. The highest BCUT2D eigenvalue weighted by Crippen LogP contribution is 2.32. The third kappa shape index (κ3) is 4.80. The summed E-state index contributed by atoms with van der Waals surface area (Å²) in [7, 11) is 1.72. The summed E-state index contributed by atoms with van der Waals surface area (Å²) in [6.45, 7) is 3.60. The van der Waals surface area contributed by atoms with E-state index in [1.165, 1.54) is 5.56 Å². The molecule has 0 amide bonds. The Morgan fingerprint density at radius 2 is 1.79 bits per heavy atom. The minimum atomic E-state index is -0.906. The topological polar surface area (TPSA) is 70.5 Å². The van der Waals surface area contributed by atoms with E-state index >= 15 is 0 Å². The van der Waals surface area contributed by atoms with Crippen LogP contribution in [0.15, 0.2) is 48.5 Å². The fourth-order valence-corrected chi connectivity index (χ4v) is 3.40. The number of Topliss-reactive ketones (excluding diaryl/α,β-unsaturated/α-hetero) is 1. The number of carboxylic acids is 1. The van der Waals surface area contributed by atoms with E-state index in [-0.39, 0.29) is 12.3 Å². The molecule has 3 rings (SSSR count). The molecule has 1 N–H and O–H groups in total. The van der Waals surface area contributed by atoms with Crippen molar-refractivity contribution in [2.45, 2.75) is 33.1 Å². The van der Waals surface area contributed by atoms with Gasteiger partial charge in [0.15, 0.2) is 5.78 Å². The van der Waals surface area contributed by atoms with Crippen molar-refractivity contribution in [1.82, 2.24) is 4.98 Å². The summed E-state index contributed by atoms with van der Waals surface area (Å²) in [4.78, 5) is 29.1. The minimum absolute atomic E-state index is 0.0277. The van der Waals surface area contributed by atoms with E-state index in [1.807, 2.05) is 36.4 Å². The highest BCUT2D eigenvalue weighted by molar-refractivity contribution is 5.98. The molecule has 0 unspecified atom stereocenters. The van der Waals surface area contributed by atoms with Gasteiger partial charge in [-0.25, -0.2) is 4.98 Å². The van der Waals surface area contributed by atoms with Gasteiger partial charge in [0.05, 0.1) is 5.52 Å². The number of fused-ring (bicyclic) bond motifs is 1. The molecule has 29 heavy (non-hydrogen) atoms. The molecule has 1 aromatic heterocycles. The van der Waals surface area contributed by atoms with E-state index in [2.05, 4.69) is 19.1 Å². The molecule has 0 atom stereocenters. The predicted octanol–water partition coefficient (Wildman–Crippen LogP) is 4.97. The number of hydrogen-bond donors (Lipinski definition) is 1. The number of carbonyl (C=O) groups excluding carboxylic acids is 1. The molecule has 0 radical (unpaired) electrons. The monoisotopic (exact) mass is 390 g/mol. The number of hydrogen-bond acceptors (Lipinski definition) is 4. The summed E-state index contributed by atoms with van der Waals surface area (Å²) in [5.74, 6) is -0.275. The van der Waals surface area contributed by atoms with E-state index in [0.717, 1.165) is 41.3 Å². The SMILES string of the molecule is CCCCc1ccc2nc(N(C)CC(=O)O)cc(-c3ccc(C(C)=O)cc3)c2c1. The second-order valence-corrected chi connectivity index (χ2v) is 7.37. The van der Waals surface area contributed by atoms with Gasteiger partial charge in [-0.3, -0.25) is 9.59 Å². The van der Waals surface area contributed by atoms with Crippen LogP contribution in [0, 0.1) is 0 Å². The fourth-order valence-electron chi connectivity index (χ4n) is 3.40. The average Bonchev–Trinajstić information content (AvgIpc) is 2.70. The van der Waals surface area contributed by atoms with Crippen LogP contribution >= 0.6 is 0 Å². The van der Waals surface area contributed by atoms with Crippen LogP contribution in [0.25, 0.3) is 22.0 Å². The van der Waals surface area contributed by atoms with Crippen LogP contribution in [0.2, 0.25) is 0 Å². The highest BCUT2D eigenvalue weighted by Gasteiger charge is 2.14. The zero-order valence-electron chi connectivity index (χ0n) is 17.1. The Morgan fingerprint density at radius 1 is 1.07 bits per heavy atom. The van der Waals surface area contributed by atoms with Crippen LogP contribution in [0.3, 0.4) is 0 Å². The van der Waals surface area contributed by atoms with Gasteiger partial charge in [-0.2, -0.15) is 0 Å². The number of carboxylic acid groups (broad SMARTS) is 1. The predicted molar refractivity (Wildman–Crippen MR) is 117 cm³/mol. The third-order valence-corrected chi connectivity index (χ3v) is 5.04. The van der Waals surface area contributed by atoms with Gasteiger partial charge in [-0.1, -0.05) is 43.7 Å². The lowest BCUT2D eigenvalue weighted by Gasteiger charge is -2.19. The Morgan fingerprint density at radius 3 is 2.41 bits per heavy atom. The van der Waals surface area contributed by atoms with Crippen molar-refractivity contribution in [3.05, 3.63) is 59.7 Å². The maximum Gasteiger partial charge on any atom is 0.323 e. The van der Waals surface area contributed by atoms with E-state index < -0.39 is 5.97 Å². The minimum Gasteiger partial charge on any atom is -0.480 e. The van der Waals surface area contributed by atoms with Gasteiger partial charge >= 0.3 is 5.97 Å². The zero-order valence-corrected chi connectivity index (χ0v) is 17.1. The third-order valence-electron chi connectivity index (χ3n) is 5.04. The zero-order chi connectivity index (χ0) is 21.0. The molecule has 5 nitrogen and oxygen atoms in total. The Hall–Kier alpha value is -3.21. The van der Waals surface area contributed by atoms with E-state index in [1.54, 1.807) is 18.9 Å². The number of pyridine rings is 1. The van der Waals surface area contributed by atoms with Crippen LogP contribution in [-0.4, -0.2) is 35.4 Å². The molecule has 1 heterocycles. The molecule has 0 spiro atoms. The first-order valence-electron chi connectivity index (χ1n) is 9.87. The molecule has 3 aromatic rings. The van der Waals surface area contributed by atoms with Crippen molar-refractivity contribution in [1.29, 1.82) is 0 Å². The number of aromatic nitrogens is 1. The van der Waals surface area contributed by atoms with Crippen molar-refractivity contribution in [3.8, 4) is 11.1 Å². The van der Waals surface area contributed by atoms with Crippen LogP contribution in [0.1, 0.15) is 42.6 Å². The van der Waals surface area contributed by atoms with Crippen LogP contribution in [0.4, 0.5) is 5.82 Å². The van der Waals surface area contributed by atoms with Gasteiger partial charge < -0.3 is 10.0 Å². The number of ketones is 1. The van der Waals surface area contributed by atoms with Crippen LogP contribution in [0.5, 0.6) is 0 Å². The number of aryl methyl sites for hydroxylation is 1. The first-order valence-corrected chi connectivity index (χ1v) is 9.87. The molecule has 0 saturated carbocycles. The lowest BCUT2D eigenvalue weighted by Crippen LogP contribution is -2.26. The summed E-state index contributed by atoms with van der Waals surface area (Å²) in [5.41, 5.74) is 4.70. The molecule has 0 saturated heterocycles. The van der Waals surface area contributed by atoms with Crippen molar-refractivity contribution in [2.75, 3.05) is 18.5 Å². The van der Waals surface area contributed by atoms with Gasteiger partial charge in [-0.05, 0) is 54.7 Å². The van der Waals surface area contributed by atoms with E-state index in [4.69, 9.17) is 10.1 Å². The molecule has 5 heteroatoms. The molecule has 2 aromatic carbocycles. The van der Waals surface area contributed by atoms with Crippen molar-refractivity contribution in [2.24, 2.45) is 0 Å². The maximum atomic E-state index is 11.6. The Kier molecular flexibility index (Phi) is 6.27. The molecule has 0 bridgehead atoms. The molecule has 0 fully saturated rings. The standard InChI is InChI=1S/C24H26N2O3/c1-4-5-6-17-7-12-22-21(13-17)20(14-23(25-22)26(3)15-24(28)29)19-10-8-18(9-11-19)16(2)27/h7-14H,4-6,15H2,1-3H3,(H,28,29). The van der Waals surface area contributed by atoms with E-state index in [9.17, 15) is 9.59 Å². The van der Waals surface area contributed by atoms with Gasteiger partial charge in [0, 0.05) is 18.0 Å². The summed E-state index contributed by atoms with van der Waals surface area (Å²) in [5, 5.41) is 10.2. The number of rotatable bonds is 8. The van der Waals surface area contributed by atoms with E-state index in [0.29, 0.717) is 11.4 Å². The first kappa shape index (κ1) is 20.5. The summed E-state index contributed by atoms with van der Waals surface area (Å²) >= 11 is 0. The number of carbonyl (C=O) groups is 2.